The first-order chi connectivity index (χ1) is 9.09. The molecule has 1 fully saturated rings. The second-order valence-corrected chi connectivity index (χ2v) is 4.51. The largest absolute Gasteiger partial charge is 0.379 e. The lowest BCUT2D eigenvalue weighted by Crippen LogP contribution is -2.41. The van der Waals surface area contributed by atoms with E-state index in [-0.39, 0.29) is 23.9 Å². The van der Waals surface area contributed by atoms with E-state index in [9.17, 15) is 14.9 Å². The highest BCUT2D eigenvalue weighted by Gasteiger charge is 2.27. The van der Waals surface area contributed by atoms with Crippen molar-refractivity contribution >= 4 is 23.9 Å². The van der Waals surface area contributed by atoms with E-state index in [1.165, 1.54) is 19.1 Å². The number of ether oxygens (including phenoxy) is 1. The maximum Gasteiger partial charge on any atom is 0.269 e. The number of nitrogens with zero attached hydrogens (tertiary/aromatic N) is 2. The molecule has 0 radical (unpaired) electrons. The summed E-state index contributed by atoms with van der Waals surface area (Å²) in [6.07, 6.45) is 0. The topological polar surface area (TPSA) is 72.7 Å². The number of nitro benzene ring substituents is 1. The van der Waals surface area contributed by atoms with Gasteiger partial charge in [0.1, 0.15) is 0 Å². The van der Waals surface area contributed by atoms with Gasteiger partial charge in [-0.1, -0.05) is 12.1 Å². The third-order valence-electron chi connectivity index (χ3n) is 3.19. The maximum atomic E-state index is 11.9. The molecule has 7 heteroatoms. The number of non-ortho nitro benzene ring substituents is 1. The van der Waals surface area contributed by atoms with E-state index < -0.39 is 11.0 Å². The van der Waals surface area contributed by atoms with Crippen molar-refractivity contribution in [3.05, 3.63) is 39.9 Å². The first kappa shape index (κ1) is 16.6. The van der Waals surface area contributed by atoms with E-state index in [4.69, 9.17) is 4.74 Å². The minimum absolute atomic E-state index is 0. The van der Waals surface area contributed by atoms with Crippen molar-refractivity contribution in [3.63, 3.8) is 0 Å². The van der Waals surface area contributed by atoms with Crippen molar-refractivity contribution < 1.29 is 14.5 Å². The molecule has 110 valence electrons. The molecule has 0 aromatic heterocycles. The SMILES string of the molecule is CC(=O)C(c1cccc([N+](=O)[O-])c1)N1CCOCC1.Cl. The van der Waals surface area contributed by atoms with Crippen LogP contribution in [0.15, 0.2) is 24.3 Å². The van der Waals surface area contributed by atoms with Crippen LogP contribution in [-0.2, 0) is 9.53 Å². The zero-order valence-electron chi connectivity index (χ0n) is 11.2. The van der Waals surface area contributed by atoms with Gasteiger partial charge in [-0.25, -0.2) is 0 Å². The Hall–Kier alpha value is -1.50. The molecule has 2 rings (SSSR count). The number of rotatable bonds is 4. The maximum absolute atomic E-state index is 11.9. The number of Topliss-reactive ketones (excluding diaryl/α,β-unsaturated/α-hetero) is 1. The van der Waals surface area contributed by atoms with E-state index >= 15 is 0 Å². The highest BCUT2D eigenvalue weighted by atomic mass is 35.5. The molecule has 1 heterocycles. The summed E-state index contributed by atoms with van der Waals surface area (Å²) in [7, 11) is 0. The number of ketones is 1. The molecule has 0 spiro atoms. The van der Waals surface area contributed by atoms with Crippen molar-refractivity contribution in [1.29, 1.82) is 0 Å². The molecule has 0 aliphatic carbocycles. The molecule has 0 amide bonds. The number of hydrogen-bond donors (Lipinski definition) is 0. The zero-order chi connectivity index (χ0) is 13.8. The van der Waals surface area contributed by atoms with Crippen molar-refractivity contribution in [2.75, 3.05) is 26.3 Å². The summed E-state index contributed by atoms with van der Waals surface area (Å²) >= 11 is 0. The molecule has 6 nitrogen and oxygen atoms in total. The molecule has 1 aliphatic rings. The van der Waals surface area contributed by atoms with Gasteiger partial charge in [0.25, 0.3) is 5.69 Å². The molecule has 20 heavy (non-hydrogen) atoms. The van der Waals surface area contributed by atoms with Gasteiger partial charge in [0, 0.05) is 25.2 Å². The number of carbonyl (C=O) groups is 1. The van der Waals surface area contributed by atoms with E-state index in [0.717, 1.165) is 0 Å². The molecule has 0 N–H and O–H groups in total. The minimum atomic E-state index is -0.444. The van der Waals surface area contributed by atoms with Crippen LogP contribution in [0.25, 0.3) is 0 Å². The van der Waals surface area contributed by atoms with Gasteiger partial charge in [0.15, 0.2) is 5.78 Å². The summed E-state index contributed by atoms with van der Waals surface area (Å²) in [6.45, 7) is 4.00. The van der Waals surface area contributed by atoms with E-state index in [0.29, 0.717) is 31.9 Å². The lowest BCUT2D eigenvalue weighted by Gasteiger charge is -2.33. The fourth-order valence-electron chi connectivity index (χ4n) is 2.35. The molecular formula is C13H17ClN2O4. The first-order valence-electron chi connectivity index (χ1n) is 6.16. The molecule has 0 saturated carbocycles. The van der Waals surface area contributed by atoms with Crippen molar-refractivity contribution in [3.8, 4) is 0 Å². The molecule has 1 saturated heterocycles. The highest BCUT2D eigenvalue weighted by Crippen LogP contribution is 2.25. The molecule has 1 aromatic rings. The molecule has 1 aliphatic heterocycles. The van der Waals surface area contributed by atoms with Crippen molar-refractivity contribution in [2.45, 2.75) is 13.0 Å². The minimum Gasteiger partial charge on any atom is -0.379 e. The average molecular weight is 301 g/mol. The standard InChI is InChI=1S/C13H16N2O4.ClH/c1-10(16)13(14-5-7-19-8-6-14)11-3-2-4-12(9-11)15(17)18;/h2-4,9,13H,5-8H2,1H3;1H. The number of morpholine rings is 1. The molecule has 1 aromatic carbocycles. The third kappa shape index (κ3) is 3.75. The van der Waals surface area contributed by atoms with Crippen LogP contribution >= 0.6 is 12.4 Å². The normalized spacial score (nSPS) is 17.1. The Kier molecular flexibility index (Phi) is 6.06. The van der Waals surface area contributed by atoms with Crippen LogP contribution in [0, 0.1) is 10.1 Å². The lowest BCUT2D eigenvalue weighted by atomic mass is 10.0. The van der Waals surface area contributed by atoms with Crippen LogP contribution < -0.4 is 0 Å². The molecule has 1 unspecified atom stereocenters. The zero-order valence-corrected chi connectivity index (χ0v) is 12.0. The van der Waals surface area contributed by atoms with Gasteiger partial charge in [0.05, 0.1) is 24.2 Å². The molecular weight excluding hydrogens is 284 g/mol. The quantitative estimate of drug-likeness (QED) is 0.628. The summed E-state index contributed by atoms with van der Waals surface area (Å²) in [4.78, 5) is 24.2. The van der Waals surface area contributed by atoms with Gasteiger partial charge in [-0.2, -0.15) is 0 Å². The fourth-order valence-corrected chi connectivity index (χ4v) is 2.35. The predicted octanol–water partition coefficient (Wildman–Crippen LogP) is 1.98. The van der Waals surface area contributed by atoms with Crippen LogP contribution in [0.2, 0.25) is 0 Å². The van der Waals surface area contributed by atoms with Gasteiger partial charge in [-0.15, -0.1) is 12.4 Å². The Bertz CT molecular complexity index is 489. The van der Waals surface area contributed by atoms with Crippen molar-refractivity contribution in [1.82, 2.24) is 4.90 Å². The van der Waals surface area contributed by atoms with Crippen LogP contribution in [0.3, 0.4) is 0 Å². The van der Waals surface area contributed by atoms with Gasteiger partial charge in [-0.05, 0) is 12.5 Å². The van der Waals surface area contributed by atoms with Crippen LogP contribution in [0.1, 0.15) is 18.5 Å². The number of nitro groups is 1. The van der Waals surface area contributed by atoms with Gasteiger partial charge < -0.3 is 4.74 Å². The smallest absolute Gasteiger partial charge is 0.269 e. The Morgan fingerprint density at radius 2 is 2.05 bits per heavy atom. The summed E-state index contributed by atoms with van der Waals surface area (Å²) in [5, 5.41) is 10.8. The first-order valence-corrected chi connectivity index (χ1v) is 6.16. The Balaban J connectivity index is 0.00000200. The summed E-state index contributed by atoms with van der Waals surface area (Å²) in [5.74, 6) is -0.0117. The second-order valence-electron chi connectivity index (χ2n) is 4.51. The van der Waals surface area contributed by atoms with E-state index in [1.54, 1.807) is 12.1 Å². The fraction of sp³-hybridized carbons (Fsp3) is 0.462. The van der Waals surface area contributed by atoms with Crippen LogP contribution in [0.4, 0.5) is 5.69 Å². The number of benzene rings is 1. The number of halogens is 1. The van der Waals surface area contributed by atoms with Gasteiger partial charge in [-0.3, -0.25) is 19.8 Å². The second kappa shape index (κ2) is 7.33. The predicted molar refractivity (Wildman–Crippen MR) is 76.2 cm³/mol. The summed E-state index contributed by atoms with van der Waals surface area (Å²) in [5.41, 5.74) is 0.681. The summed E-state index contributed by atoms with van der Waals surface area (Å²) in [6, 6.07) is 5.85. The van der Waals surface area contributed by atoms with E-state index in [2.05, 4.69) is 0 Å². The number of carbonyl (C=O) groups excluding carboxylic acids is 1. The average Bonchev–Trinajstić information content (AvgIpc) is 2.40. The number of hydrogen-bond acceptors (Lipinski definition) is 5. The van der Waals surface area contributed by atoms with Gasteiger partial charge >= 0.3 is 0 Å². The Morgan fingerprint density at radius 3 is 2.60 bits per heavy atom. The molecule has 0 bridgehead atoms. The monoisotopic (exact) mass is 300 g/mol. The van der Waals surface area contributed by atoms with Crippen molar-refractivity contribution in [2.24, 2.45) is 0 Å². The Morgan fingerprint density at radius 1 is 1.40 bits per heavy atom. The molecule has 1 atom stereocenters. The lowest BCUT2D eigenvalue weighted by molar-refractivity contribution is -0.384. The Labute approximate surface area is 123 Å². The van der Waals surface area contributed by atoms with Gasteiger partial charge in [0.2, 0.25) is 0 Å². The summed E-state index contributed by atoms with van der Waals surface area (Å²) < 4.78 is 5.27. The van der Waals surface area contributed by atoms with Crippen LogP contribution in [-0.4, -0.2) is 41.9 Å². The highest BCUT2D eigenvalue weighted by molar-refractivity contribution is 5.85. The van der Waals surface area contributed by atoms with Crippen LogP contribution in [0.5, 0.6) is 0 Å². The third-order valence-corrected chi connectivity index (χ3v) is 3.19. The van der Waals surface area contributed by atoms with E-state index in [1.807, 2.05) is 4.90 Å².